The number of amides is 1. The van der Waals surface area contributed by atoms with Crippen molar-refractivity contribution in [2.75, 3.05) is 6.61 Å². The molecule has 2 atom stereocenters. The van der Waals surface area contributed by atoms with Crippen LogP contribution >= 0.6 is 15.9 Å². The van der Waals surface area contributed by atoms with Gasteiger partial charge in [0.2, 0.25) is 5.88 Å². The van der Waals surface area contributed by atoms with Gasteiger partial charge in [-0.3, -0.25) is 4.79 Å². The van der Waals surface area contributed by atoms with Gasteiger partial charge in [-0.15, -0.1) is 0 Å². The second-order valence-electron chi connectivity index (χ2n) is 6.31. The highest BCUT2D eigenvalue weighted by molar-refractivity contribution is 9.10. The average molecular weight is 428 g/mol. The third-order valence-corrected chi connectivity index (χ3v) is 4.91. The summed E-state index contributed by atoms with van der Waals surface area (Å²) in [4.78, 5) is 12.5. The minimum Gasteiger partial charge on any atom is -0.491 e. The maximum absolute atomic E-state index is 12.8. The van der Waals surface area contributed by atoms with E-state index in [0.29, 0.717) is 19.6 Å². The number of carbonyl (C=O) groups is 1. The fourth-order valence-corrected chi connectivity index (χ4v) is 3.53. The number of fused-ring (bicyclic) bond motifs is 2. The maximum Gasteiger partial charge on any atom is 0.274 e. The van der Waals surface area contributed by atoms with Crippen molar-refractivity contribution in [1.29, 1.82) is 0 Å². The standard InChI is InChI=1S/C17H16BrF2N3O3/c18-10-1-2-13-9(5-10)6-11(8-25-13)21-17(24)12-7-15-23(22-12)4-3-14(26-15)16(19)20/h1-2,5,7,11,14,16H,3-4,6,8H2,(H,21,24). The Morgan fingerprint density at radius 3 is 3.04 bits per heavy atom. The number of alkyl halides is 2. The van der Waals surface area contributed by atoms with Crippen molar-refractivity contribution in [3.05, 3.63) is 40.0 Å². The van der Waals surface area contributed by atoms with Crippen LogP contribution in [-0.2, 0) is 13.0 Å². The van der Waals surface area contributed by atoms with Gasteiger partial charge in [-0.1, -0.05) is 15.9 Å². The molecule has 1 N–H and O–H groups in total. The molecule has 1 aromatic heterocycles. The SMILES string of the molecule is O=C(NC1COc2ccc(Br)cc2C1)c1cc2n(n1)CCC(C(F)F)O2. The molecule has 4 rings (SSSR count). The fraction of sp³-hybridized carbons (Fsp3) is 0.412. The molecule has 0 saturated heterocycles. The van der Waals surface area contributed by atoms with E-state index in [4.69, 9.17) is 9.47 Å². The molecule has 26 heavy (non-hydrogen) atoms. The number of aromatic nitrogens is 2. The first kappa shape index (κ1) is 17.3. The summed E-state index contributed by atoms with van der Waals surface area (Å²) < 4.78 is 38.9. The van der Waals surface area contributed by atoms with Gasteiger partial charge in [-0.25, -0.2) is 13.5 Å². The van der Waals surface area contributed by atoms with Crippen LogP contribution in [0.5, 0.6) is 11.6 Å². The van der Waals surface area contributed by atoms with E-state index in [1.807, 2.05) is 18.2 Å². The molecule has 1 aromatic carbocycles. The van der Waals surface area contributed by atoms with Crippen molar-refractivity contribution in [3.8, 4) is 11.6 Å². The molecule has 0 spiro atoms. The predicted octanol–water partition coefficient (Wildman–Crippen LogP) is 2.80. The summed E-state index contributed by atoms with van der Waals surface area (Å²) in [5.74, 6) is 0.625. The minimum absolute atomic E-state index is 0.148. The van der Waals surface area contributed by atoms with Crippen LogP contribution in [-0.4, -0.2) is 40.9 Å². The Bertz CT molecular complexity index is 843. The summed E-state index contributed by atoms with van der Waals surface area (Å²) in [5.41, 5.74) is 1.15. The average Bonchev–Trinajstić information content (AvgIpc) is 3.04. The Hall–Kier alpha value is -2.16. The number of ether oxygens (including phenoxy) is 2. The van der Waals surface area contributed by atoms with E-state index in [2.05, 4.69) is 26.3 Å². The monoisotopic (exact) mass is 427 g/mol. The molecule has 138 valence electrons. The number of benzene rings is 1. The Balaban J connectivity index is 1.43. The molecule has 2 aliphatic heterocycles. The number of nitrogens with one attached hydrogen (secondary N) is 1. The van der Waals surface area contributed by atoms with Crippen molar-refractivity contribution in [2.45, 2.75) is 38.0 Å². The highest BCUT2D eigenvalue weighted by atomic mass is 79.9. The van der Waals surface area contributed by atoms with Crippen molar-refractivity contribution in [2.24, 2.45) is 0 Å². The van der Waals surface area contributed by atoms with Crippen LogP contribution in [0.4, 0.5) is 8.78 Å². The van der Waals surface area contributed by atoms with E-state index >= 15 is 0 Å². The number of rotatable bonds is 3. The van der Waals surface area contributed by atoms with E-state index in [-0.39, 0.29) is 29.9 Å². The Labute approximate surface area is 156 Å². The van der Waals surface area contributed by atoms with Gasteiger partial charge in [0.1, 0.15) is 12.4 Å². The van der Waals surface area contributed by atoms with Gasteiger partial charge >= 0.3 is 0 Å². The molecule has 0 bridgehead atoms. The van der Waals surface area contributed by atoms with Gasteiger partial charge in [0, 0.05) is 23.5 Å². The number of hydrogen-bond acceptors (Lipinski definition) is 4. The number of aryl methyl sites for hydroxylation is 1. The smallest absolute Gasteiger partial charge is 0.274 e. The molecule has 9 heteroatoms. The lowest BCUT2D eigenvalue weighted by atomic mass is 10.0. The zero-order chi connectivity index (χ0) is 18.3. The molecule has 0 aliphatic carbocycles. The van der Waals surface area contributed by atoms with Gasteiger partial charge in [0.05, 0.1) is 6.04 Å². The molecular weight excluding hydrogens is 412 g/mol. The van der Waals surface area contributed by atoms with Crippen molar-refractivity contribution >= 4 is 21.8 Å². The molecular formula is C17H16BrF2N3O3. The third kappa shape index (κ3) is 3.40. The Morgan fingerprint density at radius 2 is 2.23 bits per heavy atom. The lowest BCUT2D eigenvalue weighted by Gasteiger charge is -2.26. The Morgan fingerprint density at radius 1 is 1.38 bits per heavy atom. The van der Waals surface area contributed by atoms with Crippen LogP contribution in [0, 0.1) is 0 Å². The third-order valence-electron chi connectivity index (χ3n) is 4.42. The lowest BCUT2D eigenvalue weighted by molar-refractivity contribution is -0.0135. The maximum atomic E-state index is 12.8. The lowest BCUT2D eigenvalue weighted by Crippen LogP contribution is -2.42. The van der Waals surface area contributed by atoms with E-state index in [1.165, 1.54) is 10.7 Å². The van der Waals surface area contributed by atoms with E-state index in [0.717, 1.165) is 15.8 Å². The molecule has 1 amide bonds. The minimum atomic E-state index is -2.56. The largest absolute Gasteiger partial charge is 0.491 e. The van der Waals surface area contributed by atoms with Gasteiger partial charge < -0.3 is 14.8 Å². The number of hydrogen-bond donors (Lipinski definition) is 1. The van der Waals surface area contributed by atoms with E-state index in [1.54, 1.807) is 0 Å². The van der Waals surface area contributed by atoms with Gasteiger partial charge in [-0.2, -0.15) is 5.10 Å². The number of nitrogens with zero attached hydrogens (tertiary/aromatic N) is 2. The first-order valence-electron chi connectivity index (χ1n) is 8.24. The van der Waals surface area contributed by atoms with Crippen LogP contribution in [0.2, 0.25) is 0 Å². The van der Waals surface area contributed by atoms with Gasteiger partial charge in [0.25, 0.3) is 12.3 Å². The zero-order valence-corrected chi connectivity index (χ0v) is 15.2. The van der Waals surface area contributed by atoms with Gasteiger partial charge in [0.15, 0.2) is 11.8 Å². The van der Waals surface area contributed by atoms with Crippen LogP contribution in [0.25, 0.3) is 0 Å². The highest BCUT2D eigenvalue weighted by Gasteiger charge is 2.30. The van der Waals surface area contributed by atoms with Gasteiger partial charge in [-0.05, 0) is 30.2 Å². The summed E-state index contributed by atoms with van der Waals surface area (Å²) >= 11 is 3.42. The van der Waals surface area contributed by atoms with E-state index in [9.17, 15) is 13.6 Å². The predicted molar refractivity (Wildman–Crippen MR) is 91.9 cm³/mol. The topological polar surface area (TPSA) is 65.4 Å². The second kappa shape index (κ2) is 6.86. The van der Waals surface area contributed by atoms with Crippen molar-refractivity contribution < 1.29 is 23.0 Å². The quantitative estimate of drug-likeness (QED) is 0.817. The molecule has 0 fully saturated rings. The summed E-state index contributed by atoms with van der Waals surface area (Å²) in [6.07, 6.45) is -2.92. The molecule has 2 aliphatic rings. The molecule has 2 aromatic rings. The normalized spacial score (nSPS) is 21.4. The molecule has 2 unspecified atom stereocenters. The zero-order valence-electron chi connectivity index (χ0n) is 13.6. The van der Waals surface area contributed by atoms with E-state index < -0.39 is 12.5 Å². The highest BCUT2D eigenvalue weighted by Crippen LogP contribution is 2.28. The van der Waals surface area contributed by atoms with Crippen LogP contribution in [0.1, 0.15) is 22.5 Å². The van der Waals surface area contributed by atoms with Crippen molar-refractivity contribution in [3.63, 3.8) is 0 Å². The molecule has 6 nitrogen and oxygen atoms in total. The first-order valence-corrected chi connectivity index (χ1v) is 9.03. The molecule has 0 saturated carbocycles. The van der Waals surface area contributed by atoms with Crippen LogP contribution in [0.3, 0.4) is 0 Å². The molecule has 0 radical (unpaired) electrons. The second-order valence-corrected chi connectivity index (χ2v) is 7.22. The summed E-state index contributed by atoms with van der Waals surface area (Å²) in [7, 11) is 0. The summed E-state index contributed by atoms with van der Waals surface area (Å²) in [6.45, 7) is 0.656. The summed E-state index contributed by atoms with van der Waals surface area (Å²) in [5, 5.41) is 7.03. The van der Waals surface area contributed by atoms with Crippen LogP contribution in [0.15, 0.2) is 28.7 Å². The van der Waals surface area contributed by atoms with Crippen LogP contribution < -0.4 is 14.8 Å². The van der Waals surface area contributed by atoms with Crippen molar-refractivity contribution in [1.82, 2.24) is 15.1 Å². The summed E-state index contributed by atoms with van der Waals surface area (Å²) in [6, 6.07) is 6.95. The first-order chi connectivity index (χ1) is 12.5. The molecule has 3 heterocycles. The number of halogens is 3. The fourth-order valence-electron chi connectivity index (χ4n) is 3.12. The number of carbonyl (C=O) groups excluding carboxylic acids is 1. The Kier molecular flexibility index (Phi) is 4.56.